The molecule has 1 aromatic carbocycles. The summed E-state index contributed by atoms with van der Waals surface area (Å²) in [5.41, 5.74) is 1.92. The van der Waals surface area contributed by atoms with Crippen molar-refractivity contribution in [1.29, 1.82) is 0 Å². The molecular formula is C11H16ClNO2. The summed E-state index contributed by atoms with van der Waals surface area (Å²) in [4.78, 5) is 10.1. The van der Waals surface area contributed by atoms with Gasteiger partial charge in [0, 0.05) is 12.1 Å². The maximum absolute atomic E-state index is 10.5. The average Bonchev–Trinajstić information content (AvgIpc) is 2.24. The first-order valence-electron chi connectivity index (χ1n) is 4.99. The number of halogens is 1. The maximum Gasteiger partial charge on any atom is 0.271 e. The molecule has 4 heteroatoms. The van der Waals surface area contributed by atoms with Crippen molar-refractivity contribution in [2.45, 2.75) is 34.1 Å². The van der Waals surface area contributed by atoms with Crippen LogP contribution in [-0.4, -0.2) is 4.92 Å². The second kappa shape index (κ2) is 6.40. The van der Waals surface area contributed by atoms with Crippen molar-refractivity contribution in [3.05, 3.63) is 38.4 Å². The number of hydrogen-bond acceptors (Lipinski definition) is 2. The SMILES string of the molecule is CC.CCc1cc([N+](=O)[O-])cc(Cl)c1C. The van der Waals surface area contributed by atoms with E-state index in [9.17, 15) is 10.1 Å². The van der Waals surface area contributed by atoms with Gasteiger partial charge in [-0.15, -0.1) is 0 Å². The standard InChI is InChI=1S/C9H10ClNO2.C2H6/c1-3-7-4-8(11(12)13)5-9(10)6(7)2;1-2/h4-5H,3H2,1-2H3;1-2H3. The van der Waals surface area contributed by atoms with Crippen LogP contribution in [0.25, 0.3) is 0 Å². The number of nitrogens with zero attached hydrogens (tertiary/aromatic N) is 1. The Bertz CT molecular complexity index is 351. The molecule has 0 aliphatic heterocycles. The molecule has 0 spiro atoms. The van der Waals surface area contributed by atoms with Crippen LogP contribution in [0.2, 0.25) is 5.02 Å². The lowest BCUT2D eigenvalue weighted by atomic mass is 10.1. The summed E-state index contributed by atoms with van der Waals surface area (Å²) in [6.07, 6.45) is 0.757. The van der Waals surface area contributed by atoms with Crippen molar-refractivity contribution in [3.8, 4) is 0 Å². The Hall–Kier alpha value is -1.09. The Morgan fingerprint density at radius 1 is 1.40 bits per heavy atom. The summed E-state index contributed by atoms with van der Waals surface area (Å²) < 4.78 is 0. The number of hydrogen-bond donors (Lipinski definition) is 0. The van der Waals surface area contributed by atoms with Crippen LogP contribution < -0.4 is 0 Å². The van der Waals surface area contributed by atoms with E-state index in [0.29, 0.717) is 5.02 Å². The van der Waals surface area contributed by atoms with Gasteiger partial charge in [0.25, 0.3) is 5.69 Å². The van der Waals surface area contributed by atoms with Crippen molar-refractivity contribution in [1.82, 2.24) is 0 Å². The van der Waals surface area contributed by atoms with Crippen LogP contribution >= 0.6 is 11.6 Å². The van der Waals surface area contributed by atoms with Gasteiger partial charge >= 0.3 is 0 Å². The van der Waals surface area contributed by atoms with E-state index in [1.54, 1.807) is 6.07 Å². The first-order valence-corrected chi connectivity index (χ1v) is 5.37. The van der Waals surface area contributed by atoms with E-state index in [4.69, 9.17) is 11.6 Å². The number of benzene rings is 1. The highest BCUT2D eigenvalue weighted by molar-refractivity contribution is 6.31. The minimum Gasteiger partial charge on any atom is -0.258 e. The van der Waals surface area contributed by atoms with Gasteiger partial charge in [-0.3, -0.25) is 10.1 Å². The molecule has 15 heavy (non-hydrogen) atoms. The lowest BCUT2D eigenvalue weighted by molar-refractivity contribution is -0.384. The predicted octanol–water partition coefficient (Wildman–Crippen LogP) is 4.15. The van der Waals surface area contributed by atoms with E-state index in [0.717, 1.165) is 17.5 Å². The number of rotatable bonds is 2. The minimum atomic E-state index is -0.426. The van der Waals surface area contributed by atoms with Crippen LogP contribution in [0.4, 0.5) is 5.69 Å². The Kier molecular flexibility index (Phi) is 5.94. The van der Waals surface area contributed by atoms with Gasteiger partial charge in [-0.1, -0.05) is 32.4 Å². The van der Waals surface area contributed by atoms with Crippen LogP contribution in [0.5, 0.6) is 0 Å². The largest absolute Gasteiger partial charge is 0.271 e. The Balaban J connectivity index is 0.000000921. The molecular weight excluding hydrogens is 214 g/mol. The quantitative estimate of drug-likeness (QED) is 0.565. The summed E-state index contributed by atoms with van der Waals surface area (Å²) in [5.74, 6) is 0. The molecule has 0 saturated carbocycles. The lowest BCUT2D eigenvalue weighted by Crippen LogP contribution is -1.93. The second-order valence-electron chi connectivity index (χ2n) is 2.82. The third kappa shape index (κ3) is 3.51. The zero-order valence-corrected chi connectivity index (χ0v) is 10.3. The second-order valence-corrected chi connectivity index (χ2v) is 3.23. The molecule has 1 rings (SSSR count). The molecule has 1 aromatic rings. The monoisotopic (exact) mass is 229 g/mol. The van der Waals surface area contributed by atoms with E-state index in [1.807, 2.05) is 27.7 Å². The molecule has 84 valence electrons. The Morgan fingerprint density at radius 3 is 2.33 bits per heavy atom. The van der Waals surface area contributed by atoms with Gasteiger partial charge in [0.05, 0.1) is 9.95 Å². The van der Waals surface area contributed by atoms with Crippen LogP contribution in [0.15, 0.2) is 12.1 Å². The molecule has 0 aliphatic rings. The molecule has 0 saturated heterocycles. The van der Waals surface area contributed by atoms with Crippen molar-refractivity contribution in [2.75, 3.05) is 0 Å². The summed E-state index contributed by atoms with van der Waals surface area (Å²) >= 11 is 5.84. The molecule has 0 radical (unpaired) electrons. The number of non-ortho nitro benzene ring substituents is 1. The van der Waals surface area contributed by atoms with E-state index in [-0.39, 0.29) is 5.69 Å². The highest BCUT2D eigenvalue weighted by Gasteiger charge is 2.11. The maximum atomic E-state index is 10.5. The number of nitro groups is 1. The summed E-state index contributed by atoms with van der Waals surface area (Å²) in [5, 5.41) is 10.9. The lowest BCUT2D eigenvalue weighted by Gasteiger charge is -2.04. The number of nitro benzene ring substituents is 1. The van der Waals surface area contributed by atoms with Crippen LogP contribution in [0, 0.1) is 17.0 Å². The van der Waals surface area contributed by atoms with Gasteiger partial charge < -0.3 is 0 Å². The van der Waals surface area contributed by atoms with Gasteiger partial charge in [0.1, 0.15) is 0 Å². The fourth-order valence-electron chi connectivity index (χ4n) is 1.19. The normalized spacial score (nSPS) is 9.13. The molecule has 0 aromatic heterocycles. The summed E-state index contributed by atoms with van der Waals surface area (Å²) in [7, 11) is 0. The summed E-state index contributed by atoms with van der Waals surface area (Å²) in [6.45, 7) is 7.81. The molecule has 0 unspecified atom stereocenters. The highest BCUT2D eigenvalue weighted by atomic mass is 35.5. The Morgan fingerprint density at radius 2 is 1.93 bits per heavy atom. The average molecular weight is 230 g/mol. The third-order valence-electron chi connectivity index (χ3n) is 2.03. The molecule has 0 heterocycles. The van der Waals surface area contributed by atoms with E-state index < -0.39 is 4.92 Å². The first-order chi connectivity index (χ1) is 7.06. The smallest absolute Gasteiger partial charge is 0.258 e. The highest BCUT2D eigenvalue weighted by Crippen LogP contribution is 2.26. The first kappa shape index (κ1) is 13.9. The van der Waals surface area contributed by atoms with Crippen LogP contribution in [0.3, 0.4) is 0 Å². The molecule has 0 bridgehead atoms. The fraction of sp³-hybridized carbons (Fsp3) is 0.455. The van der Waals surface area contributed by atoms with Gasteiger partial charge in [-0.05, 0) is 24.5 Å². The van der Waals surface area contributed by atoms with E-state index >= 15 is 0 Å². The molecule has 0 amide bonds. The van der Waals surface area contributed by atoms with Crippen molar-refractivity contribution in [3.63, 3.8) is 0 Å². The predicted molar refractivity (Wildman–Crippen MR) is 63.6 cm³/mol. The van der Waals surface area contributed by atoms with Gasteiger partial charge in [-0.25, -0.2) is 0 Å². The third-order valence-corrected chi connectivity index (χ3v) is 2.42. The van der Waals surface area contributed by atoms with E-state index in [1.165, 1.54) is 6.07 Å². The topological polar surface area (TPSA) is 43.1 Å². The number of aryl methyl sites for hydroxylation is 1. The molecule has 0 aliphatic carbocycles. The van der Waals surface area contributed by atoms with Gasteiger partial charge in [0.15, 0.2) is 0 Å². The van der Waals surface area contributed by atoms with Crippen molar-refractivity contribution in [2.24, 2.45) is 0 Å². The molecule has 0 fully saturated rings. The zero-order chi connectivity index (χ0) is 12.0. The van der Waals surface area contributed by atoms with Crippen molar-refractivity contribution < 1.29 is 4.92 Å². The molecule has 0 N–H and O–H groups in total. The zero-order valence-electron chi connectivity index (χ0n) is 9.50. The van der Waals surface area contributed by atoms with Crippen LogP contribution in [0.1, 0.15) is 31.9 Å². The minimum absolute atomic E-state index is 0.0625. The van der Waals surface area contributed by atoms with Crippen molar-refractivity contribution >= 4 is 17.3 Å². The fourth-order valence-corrected chi connectivity index (χ4v) is 1.43. The van der Waals surface area contributed by atoms with Gasteiger partial charge in [-0.2, -0.15) is 0 Å². The summed E-state index contributed by atoms with van der Waals surface area (Å²) in [6, 6.07) is 2.96. The molecule has 3 nitrogen and oxygen atoms in total. The van der Waals surface area contributed by atoms with Crippen LogP contribution in [-0.2, 0) is 6.42 Å². The van der Waals surface area contributed by atoms with Gasteiger partial charge in [0.2, 0.25) is 0 Å². The molecule has 0 atom stereocenters. The van der Waals surface area contributed by atoms with E-state index in [2.05, 4.69) is 0 Å². The Labute approximate surface area is 95.2 Å².